The molecule has 0 atom stereocenters. The first-order valence-electron chi connectivity index (χ1n) is 7.05. The van der Waals surface area contributed by atoms with E-state index in [9.17, 15) is 4.79 Å². The molecular formula is C16H22O2. The van der Waals surface area contributed by atoms with Crippen molar-refractivity contribution in [2.45, 2.75) is 51.6 Å². The Hall–Kier alpha value is -1.31. The van der Waals surface area contributed by atoms with Crippen LogP contribution in [0.25, 0.3) is 0 Å². The molecule has 1 saturated carbocycles. The van der Waals surface area contributed by atoms with Gasteiger partial charge in [0.2, 0.25) is 0 Å². The molecule has 0 aliphatic heterocycles. The molecule has 1 aliphatic rings. The second-order valence-electron chi connectivity index (χ2n) is 5.20. The Kier molecular flexibility index (Phi) is 4.80. The second-order valence-corrected chi connectivity index (χ2v) is 5.20. The van der Waals surface area contributed by atoms with Gasteiger partial charge in [-0.1, -0.05) is 38.0 Å². The first kappa shape index (κ1) is 13.1. The summed E-state index contributed by atoms with van der Waals surface area (Å²) < 4.78 is 5.56. The molecule has 0 saturated heterocycles. The number of rotatable bonds is 4. The van der Waals surface area contributed by atoms with E-state index in [4.69, 9.17) is 4.74 Å². The lowest BCUT2D eigenvalue weighted by molar-refractivity contribution is 0.0161. The van der Waals surface area contributed by atoms with Gasteiger partial charge in [-0.2, -0.15) is 0 Å². The monoisotopic (exact) mass is 246 g/mol. The van der Waals surface area contributed by atoms with E-state index in [-0.39, 0.29) is 12.1 Å². The molecule has 0 heterocycles. The van der Waals surface area contributed by atoms with Crippen molar-refractivity contribution >= 4 is 5.97 Å². The van der Waals surface area contributed by atoms with Crippen LogP contribution < -0.4 is 0 Å². The van der Waals surface area contributed by atoms with Gasteiger partial charge in [0, 0.05) is 0 Å². The molecule has 1 aromatic carbocycles. The van der Waals surface area contributed by atoms with Crippen molar-refractivity contribution in [3.8, 4) is 0 Å². The zero-order chi connectivity index (χ0) is 12.8. The zero-order valence-electron chi connectivity index (χ0n) is 11.1. The summed E-state index contributed by atoms with van der Waals surface area (Å²) in [6.45, 7) is 2.24. The van der Waals surface area contributed by atoms with Crippen LogP contribution in [0, 0.1) is 5.92 Å². The summed E-state index contributed by atoms with van der Waals surface area (Å²) in [6, 6.07) is 9.27. The largest absolute Gasteiger partial charge is 0.459 e. The molecule has 0 amide bonds. The van der Waals surface area contributed by atoms with Gasteiger partial charge in [0.05, 0.1) is 5.56 Å². The quantitative estimate of drug-likeness (QED) is 0.744. The zero-order valence-corrected chi connectivity index (χ0v) is 11.1. The minimum absolute atomic E-state index is 0.130. The molecule has 0 unspecified atom stereocenters. The van der Waals surface area contributed by atoms with Gasteiger partial charge in [0.25, 0.3) is 0 Å². The lowest BCUT2D eigenvalue weighted by atomic mass is 9.85. The Morgan fingerprint density at radius 1 is 1.17 bits per heavy atom. The van der Waals surface area contributed by atoms with Crippen LogP contribution in [-0.2, 0) is 4.74 Å². The molecule has 2 heteroatoms. The third-order valence-electron chi connectivity index (χ3n) is 3.77. The fourth-order valence-corrected chi connectivity index (χ4v) is 2.74. The van der Waals surface area contributed by atoms with E-state index in [0.29, 0.717) is 5.56 Å². The summed E-state index contributed by atoms with van der Waals surface area (Å²) in [5.41, 5.74) is 0.660. The Morgan fingerprint density at radius 2 is 1.83 bits per heavy atom. The van der Waals surface area contributed by atoms with Gasteiger partial charge in [-0.15, -0.1) is 0 Å². The highest BCUT2D eigenvalue weighted by molar-refractivity contribution is 5.89. The van der Waals surface area contributed by atoms with Crippen molar-refractivity contribution in [1.82, 2.24) is 0 Å². The van der Waals surface area contributed by atoms with Crippen LogP contribution in [0.1, 0.15) is 55.8 Å². The van der Waals surface area contributed by atoms with Gasteiger partial charge < -0.3 is 4.74 Å². The summed E-state index contributed by atoms with van der Waals surface area (Å²) in [5.74, 6) is 0.677. The molecular weight excluding hydrogens is 224 g/mol. The summed E-state index contributed by atoms with van der Waals surface area (Å²) in [5, 5.41) is 0. The van der Waals surface area contributed by atoms with E-state index in [1.54, 1.807) is 0 Å². The number of esters is 1. The molecule has 2 nitrogen and oxygen atoms in total. The van der Waals surface area contributed by atoms with Crippen LogP contribution in [0.3, 0.4) is 0 Å². The van der Waals surface area contributed by atoms with E-state index in [1.807, 2.05) is 30.3 Å². The van der Waals surface area contributed by atoms with Gasteiger partial charge in [-0.05, 0) is 43.7 Å². The summed E-state index contributed by atoms with van der Waals surface area (Å²) in [6.07, 6.45) is 7.19. The van der Waals surface area contributed by atoms with Crippen LogP contribution in [0.4, 0.5) is 0 Å². The normalized spacial score (nSPS) is 23.6. The van der Waals surface area contributed by atoms with Crippen LogP contribution in [0.5, 0.6) is 0 Å². The van der Waals surface area contributed by atoms with Crippen LogP contribution in [0.15, 0.2) is 30.3 Å². The second kappa shape index (κ2) is 6.58. The van der Waals surface area contributed by atoms with Crippen molar-refractivity contribution in [3.05, 3.63) is 35.9 Å². The fraction of sp³-hybridized carbons (Fsp3) is 0.562. The van der Waals surface area contributed by atoms with Crippen molar-refractivity contribution in [1.29, 1.82) is 0 Å². The maximum atomic E-state index is 11.9. The predicted molar refractivity (Wildman–Crippen MR) is 72.5 cm³/mol. The average Bonchev–Trinajstić information content (AvgIpc) is 2.42. The lowest BCUT2D eigenvalue weighted by Crippen LogP contribution is -2.24. The molecule has 18 heavy (non-hydrogen) atoms. The van der Waals surface area contributed by atoms with Crippen molar-refractivity contribution in [3.63, 3.8) is 0 Å². The first-order chi connectivity index (χ1) is 8.79. The topological polar surface area (TPSA) is 26.3 Å². The predicted octanol–water partition coefficient (Wildman–Crippen LogP) is 4.20. The van der Waals surface area contributed by atoms with Crippen LogP contribution >= 0.6 is 0 Å². The SMILES string of the molecule is CCC[C@H]1CC[C@H](OC(=O)c2ccccc2)CC1. The third kappa shape index (κ3) is 3.59. The maximum absolute atomic E-state index is 11.9. The Balaban J connectivity index is 1.80. The fourth-order valence-electron chi connectivity index (χ4n) is 2.74. The summed E-state index contributed by atoms with van der Waals surface area (Å²) in [4.78, 5) is 11.9. The number of hydrogen-bond donors (Lipinski definition) is 0. The van der Waals surface area contributed by atoms with Gasteiger partial charge >= 0.3 is 5.97 Å². The number of carbonyl (C=O) groups excluding carboxylic acids is 1. The van der Waals surface area contributed by atoms with Gasteiger partial charge in [-0.3, -0.25) is 0 Å². The molecule has 1 fully saturated rings. The van der Waals surface area contributed by atoms with Crippen LogP contribution in [-0.4, -0.2) is 12.1 Å². The summed E-state index contributed by atoms with van der Waals surface area (Å²) in [7, 11) is 0. The summed E-state index contributed by atoms with van der Waals surface area (Å²) >= 11 is 0. The maximum Gasteiger partial charge on any atom is 0.338 e. The number of ether oxygens (including phenoxy) is 1. The molecule has 0 N–H and O–H groups in total. The average molecular weight is 246 g/mol. The number of carbonyl (C=O) groups is 1. The molecule has 0 aromatic heterocycles. The lowest BCUT2D eigenvalue weighted by Gasteiger charge is -2.28. The third-order valence-corrected chi connectivity index (χ3v) is 3.77. The highest BCUT2D eigenvalue weighted by Gasteiger charge is 2.23. The van der Waals surface area contributed by atoms with Gasteiger partial charge in [0.1, 0.15) is 6.10 Å². The Bertz CT molecular complexity index is 364. The van der Waals surface area contributed by atoms with E-state index < -0.39 is 0 Å². The molecule has 0 bridgehead atoms. The van der Waals surface area contributed by atoms with Gasteiger partial charge in [-0.25, -0.2) is 4.79 Å². The van der Waals surface area contributed by atoms with E-state index >= 15 is 0 Å². The standard InChI is InChI=1S/C16H22O2/c1-2-6-13-9-11-15(12-10-13)18-16(17)14-7-4-3-5-8-14/h3-5,7-8,13,15H,2,6,9-12H2,1H3/t13-,15-. The van der Waals surface area contributed by atoms with Crippen molar-refractivity contribution in [2.75, 3.05) is 0 Å². The molecule has 2 rings (SSSR count). The highest BCUT2D eigenvalue weighted by Crippen LogP contribution is 2.29. The van der Waals surface area contributed by atoms with E-state index in [0.717, 1.165) is 18.8 Å². The Labute approximate surface area is 109 Å². The molecule has 1 aliphatic carbocycles. The minimum Gasteiger partial charge on any atom is -0.459 e. The van der Waals surface area contributed by atoms with Gasteiger partial charge in [0.15, 0.2) is 0 Å². The Morgan fingerprint density at radius 3 is 2.44 bits per heavy atom. The van der Waals surface area contributed by atoms with Crippen molar-refractivity contribution < 1.29 is 9.53 Å². The highest BCUT2D eigenvalue weighted by atomic mass is 16.5. The smallest absolute Gasteiger partial charge is 0.338 e. The van der Waals surface area contributed by atoms with E-state index in [2.05, 4.69) is 6.92 Å². The van der Waals surface area contributed by atoms with Crippen molar-refractivity contribution in [2.24, 2.45) is 5.92 Å². The van der Waals surface area contributed by atoms with E-state index in [1.165, 1.54) is 25.7 Å². The number of hydrogen-bond acceptors (Lipinski definition) is 2. The minimum atomic E-state index is -0.172. The first-order valence-corrected chi connectivity index (χ1v) is 7.05. The molecule has 0 spiro atoms. The molecule has 1 aromatic rings. The number of benzene rings is 1. The molecule has 98 valence electrons. The molecule has 0 radical (unpaired) electrons. The van der Waals surface area contributed by atoms with Crippen LogP contribution in [0.2, 0.25) is 0 Å².